The van der Waals surface area contributed by atoms with Crippen LogP contribution >= 0.6 is 0 Å². The highest BCUT2D eigenvalue weighted by Crippen LogP contribution is 2.01. The molecule has 0 spiro atoms. The van der Waals surface area contributed by atoms with Crippen molar-refractivity contribution in [2.24, 2.45) is 0 Å². The Morgan fingerprint density at radius 2 is 2.50 bits per heavy atom. The van der Waals surface area contributed by atoms with E-state index >= 15 is 0 Å². The van der Waals surface area contributed by atoms with Crippen molar-refractivity contribution in [3.8, 4) is 0 Å². The average molecular weight is 113 g/mol. The van der Waals surface area contributed by atoms with Crippen molar-refractivity contribution in [3.63, 3.8) is 0 Å². The SMILES string of the molecule is [CH2-][NH+]1CCCC1CC. The summed E-state index contributed by atoms with van der Waals surface area (Å²) in [6.07, 6.45) is 4.09. The molecule has 2 atom stereocenters. The molecule has 1 fully saturated rings. The average Bonchev–Trinajstić information content (AvgIpc) is 2.14. The van der Waals surface area contributed by atoms with Gasteiger partial charge in [-0.15, -0.1) is 0 Å². The van der Waals surface area contributed by atoms with Crippen LogP contribution < -0.4 is 4.90 Å². The zero-order valence-corrected chi connectivity index (χ0v) is 5.61. The van der Waals surface area contributed by atoms with Gasteiger partial charge in [0.15, 0.2) is 0 Å². The Hall–Kier alpha value is -0.0400. The predicted octanol–water partition coefficient (Wildman–Crippen LogP) is 0.235. The third-order valence-electron chi connectivity index (χ3n) is 2.12. The van der Waals surface area contributed by atoms with E-state index in [-0.39, 0.29) is 0 Å². The lowest BCUT2D eigenvalue weighted by molar-refractivity contribution is -0.866. The van der Waals surface area contributed by atoms with Crippen molar-refractivity contribution < 1.29 is 4.90 Å². The molecule has 0 aliphatic carbocycles. The molecule has 8 heavy (non-hydrogen) atoms. The minimum atomic E-state index is 0.870. The van der Waals surface area contributed by atoms with E-state index < -0.39 is 0 Å². The molecule has 1 aliphatic rings. The van der Waals surface area contributed by atoms with Crippen molar-refractivity contribution in [3.05, 3.63) is 7.05 Å². The Bertz CT molecular complexity index is 70.8. The van der Waals surface area contributed by atoms with Gasteiger partial charge >= 0.3 is 0 Å². The van der Waals surface area contributed by atoms with Crippen LogP contribution in [0.15, 0.2) is 0 Å². The second-order valence-electron chi connectivity index (χ2n) is 2.66. The molecule has 0 bridgehead atoms. The highest BCUT2D eigenvalue weighted by atomic mass is 15.1. The number of rotatable bonds is 1. The van der Waals surface area contributed by atoms with Crippen LogP contribution in [-0.4, -0.2) is 12.6 Å². The summed E-state index contributed by atoms with van der Waals surface area (Å²) in [7, 11) is 4.01. The fourth-order valence-electron chi connectivity index (χ4n) is 1.48. The first kappa shape index (κ1) is 6.09. The molecule has 48 valence electrons. The monoisotopic (exact) mass is 113 g/mol. The molecule has 0 amide bonds. The van der Waals surface area contributed by atoms with E-state index in [1.54, 1.807) is 0 Å². The third-order valence-corrected chi connectivity index (χ3v) is 2.12. The first-order valence-corrected chi connectivity index (χ1v) is 3.52. The van der Waals surface area contributed by atoms with E-state index in [0.29, 0.717) is 0 Å². The van der Waals surface area contributed by atoms with Crippen LogP contribution in [0.2, 0.25) is 0 Å². The summed E-state index contributed by atoms with van der Waals surface area (Å²) >= 11 is 0. The van der Waals surface area contributed by atoms with Crippen LogP contribution in [0.5, 0.6) is 0 Å². The van der Waals surface area contributed by atoms with Crippen molar-refractivity contribution in [2.45, 2.75) is 32.2 Å². The van der Waals surface area contributed by atoms with E-state index in [9.17, 15) is 0 Å². The zero-order valence-electron chi connectivity index (χ0n) is 5.61. The van der Waals surface area contributed by atoms with E-state index in [2.05, 4.69) is 14.0 Å². The molecule has 0 aromatic carbocycles. The van der Waals surface area contributed by atoms with E-state index in [4.69, 9.17) is 0 Å². The van der Waals surface area contributed by atoms with Gasteiger partial charge < -0.3 is 4.90 Å². The minimum Gasteiger partial charge on any atom is -0.465 e. The number of hydrogen-bond donors (Lipinski definition) is 1. The van der Waals surface area contributed by atoms with Gasteiger partial charge in [0, 0.05) is 6.42 Å². The summed E-state index contributed by atoms with van der Waals surface area (Å²) in [6, 6.07) is 0.870. The van der Waals surface area contributed by atoms with Gasteiger partial charge in [-0.05, 0) is 12.8 Å². The maximum atomic E-state index is 4.01. The lowest BCUT2D eigenvalue weighted by Gasteiger charge is -2.21. The molecule has 1 N–H and O–H groups in total. The molecule has 1 saturated heterocycles. The molecule has 2 unspecified atom stereocenters. The molecular formula is C7H15N. The number of nitrogens with one attached hydrogen (secondary N) is 1. The summed E-state index contributed by atoms with van der Waals surface area (Å²) in [5, 5.41) is 0. The fourth-order valence-corrected chi connectivity index (χ4v) is 1.48. The second-order valence-corrected chi connectivity index (χ2v) is 2.66. The number of likely N-dealkylation sites (tertiary alicyclic amines) is 1. The number of quaternary nitrogens is 1. The quantitative estimate of drug-likeness (QED) is 0.464. The maximum Gasteiger partial charge on any atom is 0.0634 e. The minimum absolute atomic E-state index is 0.870. The van der Waals surface area contributed by atoms with Gasteiger partial charge in [-0.2, -0.15) is 7.05 Å². The van der Waals surface area contributed by atoms with E-state index in [0.717, 1.165) is 6.04 Å². The van der Waals surface area contributed by atoms with Gasteiger partial charge in [-0.3, -0.25) is 0 Å². The molecule has 0 aromatic heterocycles. The topological polar surface area (TPSA) is 4.44 Å². The molecular weight excluding hydrogens is 98.1 g/mol. The Kier molecular flexibility index (Phi) is 1.90. The van der Waals surface area contributed by atoms with Crippen LogP contribution in [0.3, 0.4) is 0 Å². The highest BCUT2D eigenvalue weighted by molar-refractivity contribution is 4.58. The predicted molar refractivity (Wildman–Crippen MR) is 34.5 cm³/mol. The molecule has 1 heterocycles. The van der Waals surface area contributed by atoms with Gasteiger partial charge in [-0.25, -0.2) is 0 Å². The fraction of sp³-hybridized carbons (Fsp3) is 0.857. The Labute approximate surface area is 51.7 Å². The second kappa shape index (κ2) is 2.49. The summed E-state index contributed by atoms with van der Waals surface area (Å²) in [4.78, 5) is 1.49. The molecule has 1 rings (SSSR count). The molecule has 1 aliphatic heterocycles. The van der Waals surface area contributed by atoms with Crippen LogP contribution in [0.4, 0.5) is 0 Å². The van der Waals surface area contributed by atoms with E-state index in [1.165, 1.54) is 30.7 Å². The lowest BCUT2D eigenvalue weighted by Crippen LogP contribution is -3.08. The largest absolute Gasteiger partial charge is 0.465 e. The Morgan fingerprint density at radius 1 is 1.75 bits per heavy atom. The van der Waals surface area contributed by atoms with Gasteiger partial charge in [0.05, 0.1) is 12.6 Å². The molecule has 0 aromatic rings. The van der Waals surface area contributed by atoms with Crippen molar-refractivity contribution in [1.29, 1.82) is 0 Å². The van der Waals surface area contributed by atoms with Crippen molar-refractivity contribution in [2.75, 3.05) is 6.54 Å². The Morgan fingerprint density at radius 3 is 2.75 bits per heavy atom. The van der Waals surface area contributed by atoms with Gasteiger partial charge in [-0.1, -0.05) is 6.92 Å². The van der Waals surface area contributed by atoms with Crippen LogP contribution in [0.25, 0.3) is 0 Å². The third kappa shape index (κ3) is 1.03. The van der Waals surface area contributed by atoms with Crippen LogP contribution in [0, 0.1) is 7.05 Å². The van der Waals surface area contributed by atoms with Gasteiger partial charge in [0.1, 0.15) is 0 Å². The smallest absolute Gasteiger partial charge is 0.0634 e. The number of hydrogen-bond acceptors (Lipinski definition) is 0. The van der Waals surface area contributed by atoms with Gasteiger partial charge in [0.2, 0.25) is 0 Å². The standard InChI is InChI=1S/C7H15N/c1-3-7-5-4-6-8(7)2/h7-8H,2-6H2,1H3. The van der Waals surface area contributed by atoms with Crippen LogP contribution in [-0.2, 0) is 0 Å². The van der Waals surface area contributed by atoms with Crippen LogP contribution in [0.1, 0.15) is 26.2 Å². The normalized spacial score (nSPS) is 38.2. The lowest BCUT2D eigenvalue weighted by atomic mass is 10.2. The maximum absolute atomic E-state index is 4.01. The molecule has 0 radical (unpaired) electrons. The van der Waals surface area contributed by atoms with E-state index in [1.807, 2.05) is 0 Å². The van der Waals surface area contributed by atoms with Crippen molar-refractivity contribution >= 4 is 0 Å². The first-order valence-electron chi connectivity index (χ1n) is 3.52. The Balaban J connectivity index is 2.30. The van der Waals surface area contributed by atoms with Gasteiger partial charge in [0.25, 0.3) is 0 Å². The summed E-state index contributed by atoms with van der Waals surface area (Å²) in [6.45, 7) is 3.54. The summed E-state index contributed by atoms with van der Waals surface area (Å²) in [5.41, 5.74) is 0. The first-order chi connectivity index (χ1) is 3.84. The summed E-state index contributed by atoms with van der Waals surface area (Å²) in [5.74, 6) is 0. The summed E-state index contributed by atoms with van der Waals surface area (Å²) < 4.78 is 0. The molecule has 1 heteroatoms. The zero-order chi connectivity index (χ0) is 5.98. The molecule has 1 nitrogen and oxygen atoms in total. The molecule has 0 saturated carbocycles. The highest BCUT2D eigenvalue weighted by Gasteiger charge is 2.17. The van der Waals surface area contributed by atoms with Crippen molar-refractivity contribution in [1.82, 2.24) is 0 Å².